The van der Waals surface area contributed by atoms with E-state index in [1.54, 1.807) is 0 Å². The van der Waals surface area contributed by atoms with Gasteiger partial charge in [0.2, 0.25) is 5.91 Å². The van der Waals surface area contributed by atoms with Gasteiger partial charge in [-0.1, -0.05) is 19.3 Å². The number of amides is 1. The topological polar surface area (TPSA) is 67.2 Å². The molecule has 4 N–H and O–H groups in total. The Morgan fingerprint density at radius 1 is 1.20 bits per heavy atom. The number of carbonyl (C=O) groups excluding carboxylic acids is 1. The first-order valence-electron chi connectivity index (χ1n) is 7.56. The van der Waals surface area contributed by atoms with Gasteiger partial charge >= 0.3 is 0 Å². The molecule has 4 heteroatoms. The van der Waals surface area contributed by atoms with E-state index in [0.29, 0.717) is 6.42 Å². The fourth-order valence-corrected chi connectivity index (χ4v) is 3.34. The Kier molecular flexibility index (Phi) is 3.32. The van der Waals surface area contributed by atoms with E-state index in [9.17, 15) is 4.79 Å². The highest BCUT2D eigenvalue weighted by molar-refractivity contribution is 5.95. The number of fused-ring (bicyclic) bond motifs is 1. The molecule has 2 aliphatic rings. The van der Waals surface area contributed by atoms with E-state index in [-0.39, 0.29) is 11.4 Å². The van der Waals surface area contributed by atoms with Gasteiger partial charge < -0.3 is 16.4 Å². The van der Waals surface area contributed by atoms with Gasteiger partial charge in [0, 0.05) is 17.6 Å². The van der Waals surface area contributed by atoms with Gasteiger partial charge in [-0.3, -0.25) is 4.79 Å². The molecule has 1 aliphatic carbocycles. The minimum atomic E-state index is 0.0804. The Labute approximate surface area is 120 Å². The summed E-state index contributed by atoms with van der Waals surface area (Å²) >= 11 is 0. The van der Waals surface area contributed by atoms with Crippen LogP contribution in [0.2, 0.25) is 0 Å². The maximum absolute atomic E-state index is 11.4. The summed E-state index contributed by atoms with van der Waals surface area (Å²) in [6, 6.07) is 4.00. The van der Waals surface area contributed by atoms with Crippen LogP contribution in [0, 0.1) is 0 Å². The highest BCUT2D eigenvalue weighted by Crippen LogP contribution is 2.36. The van der Waals surface area contributed by atoms with Crippen molar-refractivity contribution >= 4 is 23.0 Å². The van der Waals surface area contributed by atoms with E-state index < -0.39 is 0 Å². The first kappa shape index (κ1) is 13.3. The average molecular weight is 273 g/mol. The lowest BCUT2D eigenvalue weighted by Crippen LogP contribution is -2.37. The van der Waals surface area contributed by atoms with Crippen molar-refractivity contribution in [2.45, 2.75) is 57.4 Å². The molecule has 108 valence electrons. The van der Waals surface area contributed by atoms with E-state index in [2.05, 4.69) is 23.6 Å². The number of hydrogen-bond donors (Lipinski definition) is 3. The molecular weight excluding hydrogens is 250 g/mol. The van der Waals surface area contributed by atoms with Crippen molar-refractivity contribution in [2.24, 2.45) is 0 Å². The van der Waals surface area contributed by atoms with Crippen LogP contribution in [-0.4, -0.2) is 11.4 Å². The summed E-state index contributed by atoms with van der Waals surface area (Å²) < 4.78 is 0. The molecule has 1 aliphatic heterocycles. The third kappa shape index (κ3) is 2.60. The van der Waals surface area contributed by atoms with Gasteiger partial charge in [0.1, 0.15) is 0 Å². The molecular formula is C16H23N3O. The Morgan fingerprint density at radius 2 is 1.95 bits per heavy atom. The van der Waals surface area contributed by atoms with E-state index in [1.165, 1.54) is 37.7 Å². The van der Waals surface area contributed by atoms with Gasteiger partial charge in [0.25, 0.3) is 0 Å². The predicted octanol–water partition coefficient (Wildman–Crippen LogP) is 3.29. The second kappa shape index (κ2) is 5.00. The van der Waals surface area contributed by atoms with Gasteiger partial charge in [0.05, 0.1) is 11.4 Å². The molecule has 0 radical (unpaired) electrons. The van der Waals surface area contributed by atoms with Crippen molar-refractivity contribution in [2.75, 3.05) is 16.4 Å². The van der Waals surface area contributed by atoms with E-state index in [0.717, 1.165) is 23.5 Å². The molecule has 1 aromatic rings. The smallest absolute Gasteiger partial charge is 0.224 e. The zero-order chi connectivity index (χ0) is 14.2. The fraction of sp³-hybridized carbons (Fsp3) is 0.562. The van der Waals surface area contributed by atoms with Crippen molar-refractivity contribution in [1.82, 2.24) is 0 Å². The van der Waals surface area contributed by atoms with Crippen LogP contribution in [-0.2, 0) is 11.2 Å². The zero-order valence-electron chi connectivity index (χ0n) is 12.1. The number of nitrogens with two attached hydrogens (primary N) is 1. The van der Waals surface area contributed by atoms with Crippen LogP contribution in [0.3, 0.4) is 0 Å². The second-order valence-electron chi connectivity index (χ2n) is 6.39. The van der Waals surface area contributed by atoms with Crippen LogP contribution >= 0.6 is 0 Å². The molecule has 3 rings (SSSR count). The summed E-state index contributed by atoms with van der Waals surface area (Å²) in [6.45, 7) is 2.28. The lowest BCUT2D eigenvalue weighted by Gasteiger charge is -2.36. The van der Waals surface area contributed by atoms with E-state index >= 15 is 0 Å². The number of aryl methyl sites for hydroxylation is 1. The summed E-state index contributed by atoms with van der Waals surface area (Å²) in [5.41, 5.74) is 10.1. The summed E-state index contributed by atoms with van der Waals surface area (Å²) in [5, 5.41) is 6.54. The van der Waals surface area contributed by atoms with Gasteiger partial charge in [-0.05, 0) is 43.9 Å². The number of carbonyl (C=O) groups is 1. The normalized spacial score (nSPS) is 20.9. The summed E-state index contributed by atoms with van der Waals surface area (Å²) in [5.74, 6) is 0.0804. The Morgan fingerprint density at radius 3 is 2.70 bits per heavy atom. The van der Waals surface area contributed by atoms with Crippen molar-refractivity contribution in [3.8, 4) is 0 Å². The highest BCUT2D eigenvalue weighted by atomic mass is 16.1. The molecule has 1 aromatic carbocycles. The molecule has 20 heavy (non-hydrogen) atoms. The van der Waals surface area contributed by atoms with Crippen LogP contribution < -0.4 is 16.4 Å². The molecule has 1 heterocycles. The van der Waals surface area contributed by atoms with Gasteiger partial charge in [-0.15, -0.1) is 0 Å². The minimum absolute atomic E-state index is 0.0804. The molecule has 1 amide bonds. The second-order valence-corrected chi connectivity index (χ2v) is 6.39. The third-order valence-electron chi connectivity index (χ3n) is 4.56. The lowest BCUT2D eigenvalue weighted by molar-refractivity contribution is -0.116. The predicted molar refractivity (Wildman–Crippen MR) is 82.9 cm³/mol. The van der Waals surface area contributed by atoms with Crippen molar-refractivity contribution in [3.63, 3.8) is 0 Å². The quantitative estimate of drug-likeness (QED) is 0.724. The average Bonchev–Trinajstić information content (AvgIpc) is 2.40. The number of nitrogens with one attached hydrogen (secondary N) is 2. The van der Waals surface area contributed by atoms with E-state index in [1.807, 2.05) is 6.07 Å². The van der Waals surface area contributed by atoms with Crippen LogP contribution in [0.5, 0.6) is 0 Å². The number of rotatable bonds is 2. The fourth-order valence-electron chi connectivity index (χ4n) is 3.34. The number of nitrogen functional groups attached to an aromatic ring is 1. The zero-order valence-corrected chi connectivity index (χ0v) is 12.1. The first-order valence-corrected chi connectivity index (χ1v) is 7.56. The first-order chi connectivity index (χ1) is 9.56. The van der Waals surface area contributed by atoms with Crippen LogP contribution in [0.25, 0.3) is 0 Å². The summed E-state index contributed by atoms with van der Waals surface area (Å²) in [4.78, 5) is 11.4. The van der Waals surface area contributed by atoms with Crippen molar-refractivity contribution in [1.29, 1.82) is 0 Å². The number of anilines is 3. The molecule has 1 fully saturated rings. The molecule has 0 bridgehead atoms. The van der Waals surface area contributed by atoms with Gasteiger partial charge in [-0.25, -0.2) is 0 Å². The minimum Gasteiger partial charge on any atom is -0.397 e. The molecule has 0 saturated heterocycles. The Hall–Kier alpha value is -1.71. The standard InChI is InChI=1S/C16H23N3O/c1-16(7-3-2-4-8-16)19-14-9-11-5-6-15(20)18-13(11)10-12(14)17/h9-10,19H,2-8,17H2,1H3,(H,18,20). The lowest BCUT2D eigenvalue weighted by atomic mass is 9.83. The van der Waals surface area contributed by atoms with Gasteiger partial charge in [-0.2, -0.15) is 0 Å². The summed E-state index contributed by atoms with van der Waals surface area (Å²) in [7, 11) is 0. The van der Waals surface area contributed by atoms with Crippen molar-refractivity contribution in [3.05, 3.63) is 17.7 Å². The highest BCUT2D eigenvalue weighted by Gasteiger charge is 2.27. The van der Waals surface area contributed by atoms with Gasteiger partial charge in [0.15, 0.2) is 0 Å². The number of benzene rings is 1. The van der Waals surface area contributed by atoms with Crippen LogP contribution in [0.15, 0.2) is 12.1 Å². The molecule has 1 saturated carbocycles. The maximum Gasteiger partial charge on any atom is 0.224 e. The third-order valence-corrected chi connectivity index (χ3v) is 4.56. The molecule has 0 spiro atoms. The number of hydrogen-bond acceptors (Lipinski definition) is 3. The van der Waals surface area contributed by atoms with Crippen LogP contribution in [0.1, 0.15) is 51.0 Å². The Balaban J connectivity index is 1.85. The van der Waals surface area contributed by atoms with Crippen molar-refractivity contribution < 1.29 is 4.79 Å². The molecule has 0 unspecified atom stereocenters. The SMILES string of the molecule is CC1(Nc2cc3c(cc2N)NC(=O)CC3)CCCCC1. The molecule has 4 nitrogen and oxygen atoms in total. The largest absolute Gasteiger partial charge is 0.397 e. The monoisotopic (exact) mass is 273 g/mol. The van der Waals surface area contributed by atoms with E-state index in [4.69, 9.17) is 5.73 Å². The summed E-state index contributed by atoms with van der Waals surface area (Å²) in [6.07, 6.45) is 7.65. The maximum atomic E-state index is 11.4. The van der Waals surface area contributed by atoms with Crippen LogP contribution in [0.4, 0.5) is 17.1 Å². The molecule has 0 aromatic heterocycles. The molecule has 0 atom stereocenters. The Bertz CT molecular complexity index is 533.